The maximum absolute atomic E-state index is 12.3. The van der Waals surface area contributed by atoms with Gasteiger partial charge in [-0.2, -0.15) is 0 Å². The topological polar surface area (TPSA) is 64.3 Å². The molecule has 0 aromatic heterocycles. The van der Waals surface area contributed by atoms with E-state index in [4.69, 9.17) is 10.5 Å². The lowest BCUT2D eigenvalue weighted by atomic mass is 10.1. The molecule has 1 amide bonds. The van der Waals surface area contributed by atoms with Crippen LogP contribution >= 0.6 is 15.9 Å². The van der Waals surface area contributed by atoms with Crippen molar-refractivity contribution >= 4 is 27.5 Å². The third-order valence-corrected chi connectivity index (χ3v) is 3.84. The SMILES string of the molecule is COc1ccc(C(=O)NC(C)c2ccccc2N)cc1Br. The molecule has 0 fully saturated rings. The lowest BCUT2D eigenvalue weighted by molar-refractivity contribution is 0.0940. The number of halogens is 1. The number of rotatable bonds is 4. The molecule has 2 aromatic carbocycles. The number of hydrogen-bond donors (Lipinski definition) is 2. The lowest BCUT2D eigenvalue weighted by Gasteiger charge is -2.16. The maximum atomic E-state index is 12.3. The summed E-state index contributed by atoms with van der Waals surface area (Å²) >= 11 is 3.37. The molecule has 0 bridgehead atoms. The highest BCUT2D eigenvalue weighted by molar-refractivity contribution is 9.10. The number of methoxy groups -OCH3 is 1. The molecule has 0 radical (unpaired) electrons. The first kappa shape index (κ1) is 15.4. The first-order valence-corrected chi connectivity index (χ1v) is 7.31. The van der Waals surface area contributed by atoms with Gasteiger partial charge in [-0.3, -0.25) is 4.79 Å². The second-order valence-corrected chi connectivity index (χ2v) is 5.53. The van der Waals surface area contributed by atoms with E-state index < -0.39 is 0 Å². The summed E-state index contributed by atoms with van der Waals surface area (Å²) in [7, 11) is 1.58. The van der Waals surface area contributed by atoms with Crippen molar-refractivity contribution in [1.29, 1.82) is 0 Å². The Morgan fingerprint density at radius 1 is 1.29 bits per heavy atom. The van der Waals surface area contributed by atoms with E-state index in [1.165, 1.54) is 0 Å². The minimum atomic E-state index is -0.167. The van der Waals surface area contributed by atoms with Crippen LogP contribution in [-0.2, 0) is 0 Å². The zero-order valence-corrected chi connectivity index (χ0v) is 13.5. The second-order valence-electron chi connectivity index (χ2n) is 4.67. The number of hydrogen-bond acceptors (Lipinski definition) is 3. The smallest absolute Gasteiger partial charge is 0.251 e. The van der Waals surface area contributed by atoms with Crippen LogP contribution in [0.3, 0.4) is 0 Å². The average Bonchev–Trinajstić information content (AvgIpc) is 2.47. The Morgan fingerprint density at radius 3 is 2.62 bits per heavy atom. The molecule has 0 aliphatic rings. The Bertz CT molecular complexity index is 658. The Hall–Kier alpha value is -2.01. The van der Waals surface area contributed by atoms with E-state index in [1.54, 1.807) is 25.3 Å². The van der Waals surface area contributed by atoms with E-state index in [2.05, 4.69) is 21.2 Å². The van der Waals surface area contributed by atoms with Crippen molar-refractivity contribution in [3.8, 4) is 5.75 Å². The van der Waals surface area contributed by atoms with Crippen LogP contribution in [0.15, 0.2) is 46.9 Å². The zero-order valence-electron chi connectivity index (χ0n) is 11.9. The summed E-state index contributed by atoms with van der Waals surface area (Å²) in [5.41, 5.74) is 8.05. The maximum Gasteiger partial charge on any atom is 0.251 e. The fraction of sp³-hybridized carbons (Fsp3) is 0.188. The third kappa shape index (κ3) is 3.55. The molecule has 2 aromatic rings. The van der Waals surface area contributed by atoms with Gasteiger partial charge in [0.15, 0.2) is 0 Å². The predicted octanol–water partition coefficient (Wildman–Crippen LogP) is 3.53. The largest absolute Gasteiger partial charge is 0.496 e. The summed E-state index contributed by atoms with van der Waals surface area (Å²) in [4.78, 5) is 12.3. The first-order valence-electron chi connectivity index (χ1n) is 6.51. The number of ether oxygens (including phenoxy) is 1. The zero-order chi connectivity index (χ0) is 15.4. The minimum absolute atomic E-state index is 0.158. The molecule has 0 aliphatic heterocycles. The van der Waals surface area contributed by atoms with Gasteiger partial charge in [0, 0.05) is 11.3 Å². The van der Waals surface area contributed by atoms with Crippen molar-refractivity contribution in [2.75, 3.05) is 12.8 Å². The van der Waals surface area contributed by atoms with Crippen molar-refractivity contribution in [3.63, 3.8) is 0 Å². The standard InChI is InChI=1S/C16H17BrN2O2/c1-10(12-5-3-4-6-14(12)18)19-16(20)11-7-8-15(21-2)13(17)9-11/h3-10H,18H2,1-2H3,(H,19,20). The highest BCUT2D eigenvalue weighted by Crippen LogP contribution is 2.26. The molecule has 1 atom stereocenters. The van der Waals surface area contributed by atoms with Gasteiger partial charge < -0.3 is 15.8 Å². The second kappa shape index (κ2) is 6.63. The Morgan fingerprint density at radius 2 is 2.00 bits per heavy atom. The van der Waals surface area contributed by atoms with E-state index in [1.807, 2.05) is 31.2 Å². The Balaban J connectivity index is 2.14. The number of anilines is 1. The lowest BCUT2D eigenvalue weighted by Crippen LogP contribution is -2.27. The number of amides is 1. The Labute approximate surface area is 132 Å². The quantitative estimate of drug-likeness (QED) is 0.830. The molecule has 0 aliphatic carbocycles. The van der Waals surface area contributed by atoms with Gasteiger partial charge in [-0.1, -0.05) is 18.2 Å². The molecule has 1 unspecified atom stereocenters. The average molecular weight is 349 g/mol. The molecule has 21 heavy (non-hydrogen) atoms. The van der Waals surface area contributed by atoms with Gasteiger partial charge in [0.25, 0.3) is 5.91 Å². The van der Waals surface area contributed by atoms with E-state index >= 15 is 0 Å². The van der Waals surface area contributed by atoms with Crippen LogP contribution in [0, 0.1) is 0 Å². The number of benzene rings is 2. The molecule has 0 saturated heterocycles. The molecule has 3 N–H and O–H groups in total. The molecule has 4 nitrogen and oxygen atoms in total. The predicted molar refractivity (Wildman–Crippen MR) is 87.4 cm³/mol. The highest BCUT2D eigenvalue weighted by Gasteiger charge is 2.14. The van der Waals surface area contributed by atoms with Crippen molar-refractivity contribution in [1.82, 2.24) is 5.32 Å². The monoisotopic (exact) mass is 348 g/mol. The van der Waals surface area contributed by atoms with Gasteiger partial charge in [-0.15, -0.1) is 0 Å². The summed E-state index contributed by atoms with van der Waals surface area (Å²) in [5, 5.41) is 2.94. The van der Waals surface area contributed by atoms with Gasteiger partial charge in [-0.25, -0.2) is 0 Å². The number of carbonyl (C=O) groups excluding carboxylic acids is 1. The van der Waals surface area contributed by atoms with Crippen LogP contribution < -0.4 is 15.8 Å². The summed E-state index contributed by atoms with van der Waals surface area (Å²) in [6, 6.07) is 12.5. The van der Waals surface area contributed by atoms with Crippen molar-refractivity contribution in [2.45, 2.75) is 13.0 Å². The molecular formula is C16H17BrN2O2. The molecule has 0 heterocycles. The fourth-order valence-corrected chi connectivity index (χ4v) is 2.61. The van der Waals surface area contributed by atoms with E-state index in [0.717, 1.165) is 10.0 Å². The van der Waals surface area contributed by atoms with Crippen LogP contribution in [0.4, 0.5) is 5.69 Å². The van der Waals surface area contributed by atoms with Gasteiger partial charge >= 0.3 is 0 Å². The summed E-state index contributed by atoms with van der Waals surface area (Å²) in [5.74, 6) is 0.529. The van der Waals surface area contributed by atoms with Crippen LogP contribution in [-0.4, -0.2) is 13.0 Å². The van der Waals surface area contributed by atoms with Crippen LogP contribution in [0.1, 0.15) is 28.9 Å². The molecule has 0 spiro atoms. The van der Waals surface area contributed by atoms with E-state index in [9.17, 15) is 4.79 Å². The molecule has 5 heteroatoms. The summed E-state index contributed by atoms with van der Waals surface area (Å²) in [6.07, 6.45) is 0. The number of nitrogens with two attached hydrogens (primary N) is 1. The van der Waals surface area contributed by atoms with Gasteiger partial charge in [0.1, 0.15) is 5.75 Å². The molecule has 110 valence electrons. The van der Waals surface area contributed by atoms with Crippen molar-refractivity contribution in [2.24, 2.45) is 0 Å². The third-order valence-electron chi connectivity index (χ3n) is 3.22. The van der Waals surface area contributed by atoms with E-state index in [-0.39, 0.29) is 11.9 Å². The highest BCUT2D eigenvalue weighted by atomic mass is 79.9. The number of nitrogens with one attached hydrogen (secondary N) is 1. The van der Waals surface area contributed by atoms with E-state index in [0.29, 0.717) is 17.0 Å². The van der Waals surface area contributed by atoms with Gasteiger partial charge in [0.2, 0.25) is 0 Å². The number of nitrogen functional groups attached to an aromatic ring is 1. The van der Waals surface area contributed by atoms with Crippen molar-refractivity contribution < 1.29 is 9.53 Å². The van der Waals surface area contributed by atoms with Gasteiger partial charge in [-0.05, 0) is 52.7 Å². The van der Waals surface area contributed by atoms with Crippen LogP contribution in [0.25, 0.3) is 0 Å². The molecule has 0 saturated carbocycles. The first-order chi connectivity index (χ1) is 10.0. The normalized spacial score (nSPS) is 11.8. The van der Waals surface area contributed by atoms with Gasteiger partial charge in [0.05, 0.1) is 17.6 Å². The fourth-order valence-electron chi connectivity index (χ4n) is 2.07. The summed E-state index contributed by atoms with van der Waals surface area (Å²) < 4.78 is 5.89. The minimum Gasteiger partial charge on any atom is -0.496 e. The number of carbonyl (C=O) groups is 1. The summed E-state index contributed by atoms with van der Waals surface area (Å²) in [6.45, 7) is 1.90. The van der Waals surface area contributed by atoms with Crippen LogP contribution in [0.5, 0.6) is 5.75 Å². The molecular weight excluding hydrogens is 332 g/mol. The Kier molecular flexibility index (Phi) is 4.85. The van der Waals surface area contributed by atoms with Crippen LogP contribution in [0.2, 0.25) is 0 Å². The molecule has 2 rings (SSSR count). The van der Waals surface area contributed by atoms with Crippen molar-refractivity contribution in [3.05, 3.63) is 58.1 Å². The number of para-hydroxylation sites is 1.